The zero-order valence-electron chi connectivity index (χ0n) is 12.9. The fraction of sp³-hybridized carbons (Fsp3) is 0.294. The lowest BCUT2D eigenvalue weighted by Gasteiger charge is -2.28. The minimum Gasteiger partial charge on any atom is -0.378 e. The molecule has 5 nitrogen and oxygen atoms in total. The van der Waals surface area contributed by atoms with E-state index in [9.17, 15) is 0 Å². The maximum Gasteiger partial charge on any atom is 0.145 e. The molecule has 0 aliphatic carbocycles. The Labute approximate surface area is 143 Å². The maximum absolute atomic E-state index is 5.45. The van der Waals surface area contributed by atoms with Crippen LogP contribution in [0.1, 0.15) is 0 Å². The predicted molar refractivity (Wildman–Crippen MR) is 94.7 cm³/mol. The number of benzene rings is 1. The average Bonchev–Trinajstić information content (AvgIpc) is 2.93. The normalized spacial score (nSPS) is 15.3. The summed E-state index contributed by atoms with van der Waals surface area (Å²) < 4.78 is 8.65. The van der Waals surface area contributed by atoms with Crippen LogP contribution in [0.25, 0.3) is 22.3 Å². The maximum atomic E-state index is 5.45. The lowest BCUT2D eigenvalue weighted by Crippen LogP contribution is -2.36. The number of ether oxygens (including phenoxy) is 1. The van der Waals surface area contributed by atoms with Gasteiger partial charge in [0.1, 0.15) is 17.8 Å². The molecule has 3 aromatic rings. The highest BCUT2D eigenvalue weighted by Gasteiger charge is 2.19. The second-order valence-corrected chi connectivity index (χ2v) is 6.55. The van der Waals surface area contributed by atoms with E-state index in [2.05, 4.69) is 72.7 Å². The number of hydrogen-bond acceptors (Lipinski definition) is 4. The zero-order valence-corrected chi connectivity index (χ0v) is 14.5. The lowest BCUT2D eigenvalue weighted by atomic mass is 10.1. The molecule has 1 aliphatic rings. The molecule has 2 aromatic heterocycles. The topological polar surface area (TPSA) is 43.2 Å². The molecule has 0 N–H and O–H groups in total. The minimum absolute atomic E-state index is 0.748. The molecular formula is C17H17BrN4O. The van der Waals surface area contributed by atoms with Crippen LogP contribution in [0.15, 0.2) is 41.1 Å². The second kappa shape index (κ2) is 5.94. The van der Waals surface area contributed by atoms with Gasteiger partial charge < -0.3 is 14.2 Å². The summed E-state index contributed by atoms with van der Waals surface area (Å²) in [6, 6.07) is 10.5. The quantitative estimate of drug-likeness (QED) is 0.692. The summed E-state index contributed by atoms with van der Waals surface area (Å²) >= 11 is 3.49. The molecule has 0 atom stereocenters. The molecule has 1 fully saturated rings. The number of halogens is 1. The van der Waals surface area contributed by atoms with Gasteiger partial charge in [-0.15, -0.1) is 0 Å². The van der Waals surface area contributed by atoms with Crippen molar-refractivity contribution < 1.29 is 4.74 Å². The molecule has 1 aromatic carbocycles. The Morgan fingerprint density at radius 3 is 2.57 bits per heavy atom. The molecule has 1 aliphatic heterocycles. The predicted octanol–water partition coefficient (Wildman–Crippen LogP) is 3.23. The molecule has 0 saturated carbocycles. The van der Waals surface area contributed by atoms with Gasteiger partial charge in [-0.3, -0.25) is 0 Å². The van der Waals surface area contributed by atoms with Gasteiger partial charge in [-0.25, -0.2) is 9.97 Å². The van der Waals surface area contributed by atoms with Crippen LogP contribution in [0.2, 0.25) is 0 Å². The first-order valence-corrected chi connectivity index (χ1v) is 8.42. The Hall–Kier alpha value is -1.92. The van der Waals surface area contributed by atoms with Crippen LogP contribution in [-0.2, 0) is 11.8 Å². The summed E-state index contributed by atoms with van der Waals surface area (Å²) in [7, 11) is 2.05. The summed E-state index contributed by atoms with van der Waals surface area (Å²) in [6.45, 7) is 3.24. The van der Waals surface area contributed by atoms with Crippen LogP contribution in [0.5, 0.6) is 0 Å². The molecule has 3 heterocycles. The number of aryl methyl sites for hydroxylation is 1. The number of aromatic nitrogens is 3. The van der Waals surface area contributed by atoms with E-state index in [1.807, 2.05) is 0 Å². The molecule has 0 bridgehead atoms. The SMILES string of the molecule is Cn1c(-c2ccc(Br)cc2)cc2c(N3CCOCC3)ncnc21. The number of hydrogen-bond donors (Lipinski definition) is 0. The smallest absolute Gasteiger partial charge is 0.145 e. The number of anilines is 1. The summed E-state index contributed by atoms with van der Waals surface area (Å²) in [4.78, 5) is 11.3. The molecule has 118 valence electrons. The minimum atomic E-state index is 0.748. The number of nitrogens with zero attached hydrogens (tertiary/aromatic N) is 4. The van der Waals surface area contributed by atoms with E-state index < -0.39 is 0 Å². The molecule has 23 heavy (non-hydrogen) atoms. The van der Waals surface area contributed by atoms with Gasteiger partial charge in [-0.2, -0.15) is 0 Å². The van der Waals surface area contributed by atoms with E-state index in [0.29, 0.717) is 0 Å². The summed E-state index contributed by atoms with van der Waals surface area (Å²) in [6.07, 6.45) is 1.65. The van der Waals surface area contributed by atoms with Crippen molar-refractivity contribution >= 4 is 32.8 Å². The molecule has 6 heteroatoms. The Kier molecular flexibility index (Phi) is 3.79. The second-order valence-electron chi connectivity index (χ2n) is 5.63. The van der Waals surface area contributed by atoms with Crippen molar-refractivity contribution in [1.82, 2.24) is 14.5 Å². The van der Waals surface area contributed by atoms with Crippen LogP contribution in [0.4, 0.5) is 5.82 Å². The Balaban J connectivity index is 1.85. The van der Waals surface area contributed by atoms with E-state index in [1.165, 1.54) is 5.56 Å². The van der Waals surface area contributed by atoms with Crippen LogP contribution in [0, 0.1) is 0 Å². The summed E-state index contributed by atoms with van der Waals surface area (Å²) in [5, 5.41) is 1.09. The number of fused-ring (bicyclic) bond motifs is 1. The van der Waals surface area contributed by atoms with Gasteiger partial charge in [0.25, 0.3) is 0 Å². The van der Waals surface area contributed by atoms with E-state index in [-0.39, 0.29) is 0 Å². The fourth-order valence-electron chi connectivity index (χ4n) is 3.05. The highest BCUT2D eigenvalue weighted by atomic mass is 79.9. The van der Waals surface area contributed by atoms with Gasteiger partial charge in [0, 0.05) is 24.6 Å². The van der Waals surface area contributed by atoms with Gasteiger partial charge in [0.05, 0.1) is 24.3 Å². The number of rotatable bonds is 2. The van der Waals surface area contributed by atoms with Crippen LogP contribution in [0.3, 0.4) is 0 Å². The van der Waals surface area contributed by atoms with Crippen LogP contribution in [-0.4, -0.2) is 40.8 Å². The Bertz CT molecular complexity index is 838. The van der Waals surface area contributed by atoms with Gasteiger partial charge in [0.2, 0.25) is 0 Å². The van der Waals surface area contributed by atoms with Crippen LogP contribution >= 0.6 is 15.9 Å². The molecule has 0 unspecified atom stereocenters. The highest BCUT2D eigenvalue weighted by molar-refractivity contribution is 9.10. The largest absolute Gasteiger partial charge is 0.378 e. The first-order chi connectivity index (χ1) is 11.2. The number of morpholine rings is 1. The van der Waals surface area contributed by atoms with Crippen molar-refractivity contribution in [2.24, 2.45) is 7.05 Å². The van der Waals surface area contributed by atoms with E-state index in [1.54, 1.807) is 6.33 Å². The summed E-state index contributed by atoms with van der Waals surface area (Å²) in [5.74, 6) is 0.997. The van der Waals surface area contributed by atoms with Crippen LogP contribution < -0.4 is 4.90 Å². The van der Waals surface area contributed by atoms with Gasteiger partial charge in [0.15, 0.2) is 0 Å². The molecule has 4 rings (SSSR count). The monoisotopic (exact) mass is 372 g/mol. The lowest BCUT2D eigenvalue weighted by molar-refractivity contribution is 0.122. The molecule has 1 saturated heterocycles. The zero-order chi connectivity index (χ0) is 15.8. The van der Waals surface area contributed by atoms with Crippen molar-refractivity contribution in [2.75, 3.05) is 31.2 Å². The van der Waals surface area contributed by atoms with E-state index >= 15 is 0 Å². The van der Waals surface area contributed by atoms with Gasteiger partial charge in [-0.05, 0) is 23.8 Å². The van der Waals surface area contributed by atoms with Crippen molar-refractivity contribution in [3.63, 3.8) is 0 Å². The van der Waals surface area contributed by atoms with Crippen molar-refractivity contribution in [3.8, 4) is 11.3 Å². The van der Waals surface area contributed by atoms with E-state index in [0.717, 1.165) is 53.3 Å². The molecular weight excluding hydrogens is 356 g/mol. The van der Waals surface area contributed by atoms with Gasteiger partial charge in [-0.1, -0.05) is 28.1 Å². The Morgan fingerprint density at radius 2 is 1.83 bits per heavy atom. The molecule has 0 radical (unpaired) electrons. The van der Waals surface area contributed by atoms with Crippen molar-refractivity contribution in [1.29, 1.82) is 0 Å². The van der Waals surface area contributed by atoms with Crippen molar-refractivity contribution in [2.45, 2.75) is 0 Å². The molecule has 0 spiro atoms. The first kappa shape index (κ1) is 14.7. The average molecular weight is 373 g/mol. The molecule has 0 amide bonds. The third kappa shape index (κ3) is 2.62. The van der Waals surface area contributed by atoms with Gasteiger partial charge >= 0.3 is 0 Å². The highest BCUT2D eigenvalue weighted by Crippen LogP contribution is 2.31. The first-order valence-electron chi connectivity index (χ1n) is 7.63. The Morgan fingerprint density at radius 1 is 1.09 bits per heavy atom. The van der Waals surface area contributed by atoms with E-state index in [4.69, 9.17) is 4.74 Å². The summed E-state index contributed by atoms with van der Waals surface area (Å²) in [5.41, 5.74) is 3.27. The van der Waals surface area contributed by atoms with Crippen molar-refractivity contribution in [3.05, 3.63) is 41.1 Å². The standard InChI is InChI=1S/C17H17BrN4O/c1-21-15(12-2-4-13(18)5-3-12)10-14-16(21)19-11-20-17(14)22-6-8-23-9-7-22/h2-5,10-11H,6-9H2,1H3. The fourth-order valence-corrected chi connectivity index (χ4v) is 3.31. The third-order valence-electron chi connectivity index (χ3n) is 4.25. The third-order valence-corrected chi connectivity index (χ3v) is 4.78.